The lowest BCUT2D eigenvalue weighted by Gasteiger charge is -2.12. The van der Waals surface area contributed by atoms with E-state index in [2.05, 4.69) is 285 Å². The maximum atomic E-state index is 6.33. The van der Waals surface area contributed by atoms with Gasteiger partial charge in [-0.25, -0.2) is 9.97 Å². The molecule has 7 heterocycles. The van der Waals surface area contributed by atoms with E-state index in [4.69, 9.17) is 18.8 Å². The van der Waals surface area contributed by atoms with E-state index in [0.29, 0.717) is 5.95 Å². The fourth-order valence-electron chi connectivity index (χ4n) is 14.8. The van der Waals surface area contributed by atoms with E-state index in [9.17, 15) is 0 Å². The molecule has 0 radical (unpaired) electrons. The first kappa shape index (κ1) is 48.9. The average molecular weight is 1150 g/mol. The maximum Gasteiger partial charge on any atom is 0.235 e. The normalized spacial score (nSPS) is 12.2. The molecule has 0 aliphatic rings. The summed E-state index contributed by atoms with van der Waals surface area (Å²) in [4.78, 5) is 11.2. The Morgan fingerprint density at radius 3 is 1.11 bits per heavy atom. The topological polar surface area (TPSA) is 71.8 Å². The van der Waals surface area contributed by atoms with Crippen molar-refractivity contribution in [3.8, 4) is 56.7 Å². The average Bonchev–Trinajstić information content (AvgIpc) is 1.57. The van der Waals surface area contributed by atoms with Gasteiger partial charge in [0, 0.05) is 92.8 Å². The van der Waals surface area contributed by atoms with Crippen LogP contribution in [0.5, 0.6) is 0 Å². The predicted octanol–water partition coefficient (Wildman–Crippen LogP) is 21.7. The second-order valence-electron chi connectivity index (χ2n) is 23.6. The Bertz CT molecular complexity index is 6280. The van der Waals surface area contributed by atoms with Crippen LogP contribution in [-0.4, -0.2) is 28.2 Å². The van der Waals surface area contributed by atoms with Crippen LogP contribution in [-0.2, 0) is 0 Å². The highest BCUT2D eigenvalue weighted by Crippen LogP contribution is 2.45. The Labute approximate surface area is 513 Å². The molecule has 418 valence electrons. The summed E-state index contributed by atoms with van der Waals surface area (Å²) in [6.07, 6.45) is 0. The highest BCUT2D eigenvalue weighted by atomic mass is 16.3. The smallest absolute Gasteiger partial charge is 0.235 e. The van der Waals surface area contributed by atoms with Crippen LogP contribution in [0, 0.1) is 0 Å². The number of benzene rings is 13. The molecule has 0 amide bonds. The quantitative estimate of drug-likeness (QED) is 0.159. The largest absolute Gasteiger partial charge is 0.456 e. The maximum absolute atomic E-state index is 6.33. The van der Waals surface area contributed by atoms with E-state index in [1.165, 1.54) is 43.5 Å². The molecule has 0 fully saturated rings. The molecule has 13 aromatic carbocycles. The van der Waals surface area contributed by atoms with Gasteiger partial charge in [0.2, 0.25) is 5.95 Å². The third kappa shape index (κ3) is 7.06. The van der Waals surface area contributed by atoms with Gasteiger partial charge < -0.3 is 22.5 Å². The van der Waals surface area contributed by atoms with Gasteiger partial charge in [-0.05, 0) is 163 Å². The van der Waals surface area contributed by atoms with Crippen molar-refractivity contribution in [2.24, 2.45) is 0 Å². The van der Waals surface area contributed by atoms with E-state index >= 15 is 0 Å². The molecule has 7 aromatic heterocycles. The molecule has 20 rings (SSSR count). The van der Waals surface area contributed by atoms with Gasteiger partial charge in [-0.2, -0.15) is 0 Å². The molecule has 20 aromatic rings. The van der Waals surface area contributed by atoms with Crippen LogP contribution in [0.1, 0.15) is 0 Å². The summed E-state index contributed by atoms with van der Waals surface area (Å²) >= 11 is 0. The first-order valence-corrected chi connectivity index (χ1v) is 30.5. The number of aromatic nitrogens is 6. The summed E-state index contributed by atoms with van der Waals surface area (Å²) in [7, 11) is 0. The number of fused-ring (bicyclic) bond motifs is 19. The highest BCUT2D eigenvalue weighted by Gasteiger charge is 2.25. The van der Waals surface area contributed by atoms with Crippen molar-refractivity contribution in [3.05, 3.63) is 291 Å². The molecular weight excluding hydrogens is 1100 g/mol. The van der Waals surface area contributed by atoms with Crippen molar-refractivity contribution in [1.29, 1.82) is 0 Å². The number of hydrogen-bond acceptors (Lipinski definition) is 4. The van der Waals surface area contributed by atoms with E-state index < -0.39 is 0 Å². The summed E-state index contributed by atoms with van der Waals surface area (Å²) in [5, 5.41) is 13.6. The van der Waals surface area contributed by atoms with Crippen LogP contribution >= 0.6 is 0 Å². The van der Waals surface area contributed by atoms with E-state index in [0.717, 1.165) is 138 Å². The van der Waals surface area contributed by atoms with E-state index in [1.807, 2.05) is 24.3 Å². The SMILES string of the molecule is c1ccc(-n2c3ccccc3c3cc(-c4ccc5c(c4)c4cc(-n6c7ccccc7c7c8c9ccccc9n(-c9nc(-c%10ccc%11oc%12ccccc%12c%11c%10)cc(-c%10ccc%11oc%12ccccc%12c%11c%10)n9)c8ccc76)ccc4n5-c4ccccc4)ccc32)cc1. The van der Waals surface area contributed by atoms with Crippen molar-refractivity contribution in [2.45, 2.75) is 0 Å². The van der Waals surface area contributed by atoms with Gasteiger partial charge in [0.1, 0.15) is 22.3 Å². The highest BCUT2D eigenvalue weighted by molar-refractivity contribution is 6.29. The first-order chi connectivity index (χ1) is 44.6. The summed E-state index contributed by atoms with van der Waals surface area (Å²) in [5.74, 6) is 0.574. The molecule has 0 atom stereocenters. The molecule has 0 N–H and O–H groups in total. The molecule has 0 saturated carbocycles. The Morgan fingerprint density at radius 2 is 0.567 bits per heavy atom. The molecule has 8 heteroatoms. The second kappa shape index (κ2) is 18.6. The summed E-state index contributed by atoms with van der Waals surface area (Å²) in [6.45, 7) is 0. The van der Waals surface area contributed by atoms with Crippen LogP contribution in [0.2, 0.25) is 0 Å². The Morgan fingerprint density at radius 1 is 0.211 bits per heavy atom. The van der Waals surface area contributed by atoms with Crippen molar-refractivity contribution in [2.75, 3.05) is 0 Å². The predicted molar refractivity (Wildman–Crippen MR) is 370 cm³/mol. The van der Waals surface area contributed by atoms with Crippen molar-refractivity contribution in [3.63, 3.8) is 0 Å². The van der Waals surface area contributed by atoms with Crippen molar-refractivity contribution < 1.29 is 8.83 Å². The molecule has 90 heavy (non-hydrogen) atoms. The molecule has 0 spiro atoms. The summed E-state index contributed by atoms with van der Waals surface area (Å²) in [6, 6.07) is 105. The molecule has 0 saturated heterocycles. The number of hydrogen-bond donors (Lipinski definition) is 0. The van der Waals surface area contributed by atoms with Gasteiger partial charge >= 0.3 is 0 Å². The summed E-state index contributed by atoms with van der Waals surface area (Å²) in [5.41, 5.74) is 21.5. The lowest BCUT2D eigenvalue weighted by Crippen LogP contribution is -2.04. The van der Waals surface area contributed by atoms with E-state index in [1.54, 1.807) is 0 Å². The molecular formula is C82H48N6O2. The standard InChI is InChI=1S/C82H48N6O2/c1-3-17-53(18-4-1)85-68-26-12-7-21-56(68)61-43-49(31-36-71(61)85)50-32-37-72-62(44-50)63-47-55(35-38-73(63)86(72)54-19-5-2-6-20-54)87-69-27-13-8-24-59(69)80-74(87)39-40-75-81(80)60-25-9-14-28-70(60)88(75)82-83-66(51-33-41-78-64(45-51)57-22-10-15-29-76(57)89-78)48-67(84-82)52-34-42-79-65(46-52)58-23-11-16-30-77(58)90-79/h1-48H. The van der Waals surface area contributed by atoms with Gasteiger partial charge in [0.15, 0.2) is 0 Å². The molecule has 0 aliphatic heterocycles. The number of furan rings is 2. The minimum absolute atomic E-state index is 0.574. The zero-order chi connectivity index (χ0) is 58.7. The fraction of sp³-hybridized carbons (Fsp3) is 0. The number of rotatable bonds is 7. The minimum atomic E-state index is 0.574. The van der Waals surface area contributed by atoms with Gasteiger partial charge in [-0.15, -0.1) is 0 Å². The second-order valence-corrected chi connectivity index (χ2v) is 23.6. The zero-order valence-corrected chi connectivity index (χ0v) is 48.2. The van der Waals surface area contributed by atoms with Crippen LogP contribution in [0.15, 0.2) is 300 Å². The van der Waals surface area contributed by atoms with Gasteiger partial charge in [0.05, 0.1) is 55.5 Å². The molecule has 0 unspecified atom stereocenters. The van der Waals surface area contributed by atoms with Gasteiger partial charge in [0.25, 0.3) is 0 Å². The third-order valence-corrected chi connectivity index (χ3v) is 18.8. The van der Waals surface area contributed by atoms with Crippen molar-refractivity contribution in [1.82, 2.24) is 28.2 Å². The zero-order valence-electron chi connectivity index (χ0n) is 48.2. The third-order valence-electron chi connectivity index (χ3n) is 18.8. The Kier molecular flexibility index (Phi) is 10.1. The van der Waals surface area contributed by atoms with Crippen LogP contribution in [0.3, 0.4) is 0 Å². The van der Waals surface area contributed by atoms with Crippen LogP contribution in [0.25, 0.3) is 188 Å². The van der Waals surface area contributed by atoms with Gasteiger partial charge in [-0.3, -0.25) is 4.57 Å². The van der Waals surface area contributed by atoms with E-state index in [-0.39, 0.29) is 0 Å². The molecule has 0 aliphatic carbocycles. The fourth-order valence-corrected chi connectivity index (χ4v) is 14.8. The van der Waals surface area contributed by atoms with Crippen LogP contribution < -0.4 is 0 Å². The summed E-state index contributed by atoms with van der Waals surface area (Å²) < 4.78 is 22.2. The van der Waals surface area contributed by atoms with Gasteiger partial charge in [-0.1, -0.05) is 140 Å². The molecule has 8 nitrogen and oxygen atoms in total. The first-order valence-electron chi connectivity index (χ1n) is 30.5. The number of para-hydroxylation sites is 7. The number of nitrogens with zero attached hydrogens (tertiary/aromatic N) is 6. The minimum Gasteiger partial charge on any atom is -0.456 e. The monoisotopic (exact) mass is 1150 g/mol. The lowest BCUT2D eigenvalue weighted by molar-refractivity contribution is 0.668. The Hall–Kier alpha value is -12.3. The Balaban J connectivity index is 0.793. The van der Waals surface area contributed by atoms with Crippen LogP contribution in [0.4, 0.5) is 0 Å². The molecule has 0 bridgehead atoms. The van der Waals surface area contributed by atoms with Crippen molar-refractivity contribution >= 4 is 131 Å². The lowest BCUT2D eigenvalue weighted by atomic mass is 10.0.